The van der Waals surface area contributed by atoms with E-state index in [1.807, 2.05) is 35.2 Å². The molecule has 0 spiro atoms. The molecule has 0 aliphatic carbocycles. The third-order valence-corrected chi connectivity index (χ3v) is 6.83. The summed E-state index contributed by atoms with van der Waals surface area (Å²) in [7, 11) is -3.37. The molecule has 1 aromatic carbocycles. The van der Waals surface area contributed by atoms with Gasteiger partial charge in [-0.2, -0.15) is 4.31 Å². The van der Waals surface area contributed by atoms with Crippen LogP contribution in [0.3, 0.4) is 0 Å². The van der Waals surface area contributed by atoms with Crippen molar-refractivity contribution in [2.75, 3.05) is 31.1 Å². The van der Waals surface area contributed by atoms with Gasteiger partial charge in [0.05, 0.1) is 5.75 Å². The largest absolute Gasteiger partial charge is 0.354 e. The van der Waals surface area contributed by atoms with E-state index in [-0.39, 0.29) is 5.75 Å². The number of halogens is 1. The highest BCUT2D eigenvalue weighted by Crippen LogP contribution is 2.19. The Morgan fingerprint density at radius 3 is 2.25 bits per heavy atom. The Bertz CT molecular complexity index is 1030. The van der Waals surface area contributed by atoms with Gasteiger partial charge in [-0.1, -0.05) is 23.7 Å². The van der Waals surface area contributed by atoms with E-state index in [2.05, 4.69) is 14.9 Å². The molecule has 3 aromatic rings. The van der Waals surface area contributed by atoms with Crippen molar-refractivity contribution in [2.45, 2.75) is 5.75 Å². The standard InChI is InChI=1S/C19H20ClN5O2S/c20-17-5-3-16(4-6-17)14-28(26,27)25-11-9-24(10-12-25)19-13-18(21-15-22-19)23-7-1-2-8-23/h1-8,13,15H,9-12,14H2. The number of benzene rings is 1. The Morgan fingerprint density at radius 1 is 0.929 bits per heavy atom. The van der Waals surface area contributed by atoms with E-state index >= 15 is 0 Å². The van der Waals surface area contributed by atoms with Crippen molar-refractivity contribution in [3.63, 3.8) is 0 Å². The van der Waals surface area contributed by atoms with Crippen molar-refractivity contribution >= 4 is 27.4 Å². The quantitative estimate of drug-likeness (QED) is 0.638. The van der Waals surface area contributed by atoms with Crippen LogP contribution in [0.5, 0.6) is 0 Å². The van der Waals surface area contributed by atoms with E-state index in [9.17, 15) is 8.42 Å². The van der Waals surface area contributed by atoms with E-state index < -0.39 is 10.0 Å². The van der Waals surface area contributed by atoms with Crippen LogP contribution in [-0.2, 0) is 15.8 Å². The van der Waals surface area contributed by atoms with E-state index in [0.29, 0.717) is 31.2 Å². The Labute approximate surface area is 169 Å². The maximum absolute atomic E-state index is 12.7. The molecule has 0 bridgehead atoms. The summed E-state index contributed by atoms with van der Waals surface area (Å²) in [5, 5.41) is 0.596. The maximum atomic E-state index is 12.7. The summed E-state index contributed by atoms with van der Waals surface area (Å²) in [6.07, 6.45) is 5.38. The molecule has 4 rings (SSSR count). The van der Waals surface area contributed by atoms with E-state index in [1.54, 1.807) is 28.6 Å². The fourth-order valence-electron chi connectivity index (χ4n) is 3.22. The molecule has 1 saturated heterocycles. The molecule has 9 heteroatoms. The SMILES string of the molecule is O=S(=O)(Cc1ccc(Cl)cc1)N1CCN(c2cc(-n3cccc3)ncn2)CC1. The van der Waals surface area contributed by atoms with Crippen LogP contribution in [0.25, 0.3) is 5.82 Å². The van der Waals surface area contributed by atoms with Crippen molar-refractivity contribution < 1.29 is 8.42 Å². The first-order valence-electron chi connectivity index (χ1n) is 8.94. The molecule has 0 amide bonds. The van der Waals surface area contributed by atoms with Crippen LogP contribution in [0, 0.1) is 0 Å². The average Bonchev–Trinajstić information content (AvgIpc) is 3.25. The van der Waals surface area contributed by atoms with Crippen molar-refractivity contribution in [3.05, 3.63) is 71.8 Å². The molecule has 0 atom stereocenters. The van der Waals surface area contributed by atoms with Crippen LogP contribution in [0.2, 0.25) is 5.02 Å². The Kier molecular flexibility index (Phi) is 5.34. The number of rotatable bonds is 5. The number of sulfonamides is 1. The lowest BCUT2D eigenvalue weighted by atomic mass is 10.2. The lowest BCUT2D eigenvalue weighted by Gasteiger charge is -2.34. The first-order valence-corrected chi connectivity index (χ1v) is 10.9. The van der Waals surface area contributed by atoms with Gasteiger partial charge in [0.25, 0.3) is 0 Å². The number of anilines is 1. The minimum absolute atomic E-state index is 0.0184. The van der Waals surface area contributed by atoms with Gasteiger partial charge in [0.1, 0.15) is 18.0 Å². The molecule has 1 aliphatic heterocycles. The highest BCUT2D eigenvalue weighted by Gasteiger charge is 2.27. The second kappa shape index (κ2) is 7.90. The molecule has 0 N–H and O–H groups in total. The van der Waals surface area contributed by atoms with Crippen molar-refractivity contribution in [2.24, 2.45) is 0 Å². The summed E-state index contributed by atoms with van der Waals surface area (Å²) in [6, 6.07) is 12.7. The van der Waals surface area contributed by atoms with E-state index in [4.69, 9.17) is 11.6 Å². The van der Waals surface area contributed by atoms with E-state index in [1.165, 1.54) is 6.33 Å². The maximum Gasteiger partial charge on any atom is 0.218 e. The van der Waals surface area contributed by atoms with Gasteiger partial charge >= 0.3 is 0 Å². The first kappa shape index (κ1) is 18.9. The predicted molar refractivity (Wildman–Crippen MR) is 109 cm³/mol. The molecular formula is C19H20ClN5O2S. The summed E-state index contributed by atoms with van der Waals surface area (Å²) >= 11 is 5.87. The number of nitrogens with zero attached hydrogens (tertiary/aromatic N) is 5. The van der Waals surface area contributed by atoms with Gasteiger partial charge in [-0.15, -0.1) is 0 Å². The molecular weight excluding hydrogens is 398 g/mol. The van der Waals surface area contributed by atoms with Crippen LogP contribution in [0.4, 0.5) is 5.82 Å². The van der Waals surface area contributed by atoms with Crippen molar-refractivity contribution in [3.8, 4) is 5.82 Å². The fourth-order valence-corrected chi connectivity index (χ4v) is 4.86. The van der Waals surface area contributed by atoms with Gasteiger partial charge in [-0.25, -0.2) is 18.4 Å². The van der Waals surface area contributed by atoms with Gasteiger partial charge in [0.2, 0.25) is 10.0 Å². The first-order chi connectivity index (χ1) is 13.5. The molecule has 2 aromatic heterocycles. The highest BCUT2D eigenvalue weighted by atomic mass is 35.5. The van der Waals surface area contributed by atoms with Gasteiger partial charge in [-0.3, -0.25) is 0 Å². The molecule has 0 unspecified atom stereocenters. The van der Waals surface area contributed by atoms with Gasteiger partial charge in [0.15, 0.2) is 0 Å². The topological polar surface area (TPSA) is 71.3 Å². The molecule has 0 saturated carbocycles. The van der Waals surface area contributed by atoms with Gasteiger partial charge in [-0.05, 0) is 29.8 Å². The Morgan fingerprint density at radius 2 is 1.57 bits per heavy atom. The lowest BCUT2D eigenvalue weighted by Crippen LogP contribution is -2.49. The lowest BCUT2D eigenvalue weighted by molar-refractivity contribution is 0.383. The smallest absolute Gasteiger partial charge is 0.218 e. The van der Waals surface area contributed by atoms with Crippen molar-refractivity contribution in [1.82, 2.24) is 18.8 Å². The second-order valence-corrected chi connectivity index (χ2v) is 9.00. The molecule has 146 valence electrons. The third-order valence-electron chi connectivity index (χ3n) is 4.73. The predicted octanol–water partition coefficient (Wildman–Crippen LogP) is 2.57. The van der Waals surface area contributed by atoms with Gasteiger partial charge < -0.3 is 9.47 Å². The van der Waals surface area contributed by atoms with Gasteiger partial charge in [0, 0.05) is 49.7 Å². The summed E-state index contributed by atoms with van der Waals surface area (Å²) in [5.74, 6) is 1.57. The highest BCUT2D eigenvalue weighted by molar-refractivity contribution is 7.88. The Balaban J connectivity index is 1.42. The zero-order valence-corrected chi connectivity index (χ0v) is 16.7. The zero-order valence-electron chi connectivity index (χ0n) is 15.1. The number of hydrogen-bond acceptors (Lipinski definition) is 5. The molecule has 1 aliphatic rings. The number of hydrogen-bond donors (Lipinski definition) is 0. The van der Waals surface area contributed by atoms with Crippen molar-refractivity contribution in [1.29, 1.82) is 0 Å². The summed E-state index contributed by atoms with van der Waals surface area (Å²) in [5.41, 5.74) is 0.735. The number of piperazine rings is 1. The van der Waals surface area contributed by atoms with Crippen LogP contribution in [-0.4, -0.2) is 53.4 Å². The van der Waals surface area contributed by atoms with Crippen LogP contribution in [0.15, 0.2) is 61.2 Å². The second-order valence-electron chi connectivity index (χ2n) is 6.59. The summed E-state index contributed by atoms with van der Waals surface area (Å²) in [6.45, 7) is 2.03. The monoisotopic (exact) mass is 417 g/mol. The molecule has 0 radical (unpaired) electrons. The zero-order chi connectivity index (χ0) is 19.6. The minimum Gasteiger partial charge on any atom is -0.354 e. The summed E-state index contributed by atoms with van der Waals surface area (Å²) in [4.78, 5) is 10.7. The molecule has 3 heterocycles. The molecule has 1 fully saturated rings. The molecule has 28 heavy (non-hydrogen) atoms. The average molecular weight is 418 g/mol. The van der Waals surface area contributed by atoms with Crippen LogP contribution >= 0.6 is 11.6 Å². The normalized spacial score (nSPS) is 15.7. The van der Waals surface area contributed by atoms with Crippen LogP contribution < -0.4 is 4.90 Å². The fraction of sp³-hybridized carbons (Fsp3) is 0.263. The minimum atomic E-state index is -3.37. The van der Waals surface area contributed by atoms with E-state index in [0.717, 1.165) is 17.2 Å². The Hall–Kier alpha value is -2.42. The van der Waals surface area contributed by atoms with Crippen LogP contribution in [0.1, 0.15) is 5.56 Å². The molecule has 7 nitrogen and oxygen atoms in total. The third kappa shape index (κ3) is 4.19. The number of aromatic nitrogens is 3. The summed E-state index contributed by atoms with van der Waals surface area (Å²) < 4.78 is 28.9.